The van der Waals surface area contributed by atoms with Crippen molar-refractivity contribution in [3.63, 3.8) is 0 Å². The van der Waals surface area contributed by atoms with Crippen LogP contribution in [0.4, 0.5) is 4.79 Å². The summed E-state index contributed by atoms with van der Waals surface area (Å²) in [5, 5.41) is 3.69. The van der Waals surface area contributed by atoms with E-state index in [9.17, 15) is 4.79 Å². The number of hydrazone groups is 1. The first-order valence-corrected chi connectivity index (χ1v) is 4.24. The molecule has 0 fully saturated rings. The van der Waals surface area contributed by atoms with Gasteiger partial charge in [0.05, 0.1) is 6.21 Å². The zero-order chi connectivity index (χ0) is 10.7. The molecule has 1 aromatic heterocycles. The Morgan fingerprint density at radius 3 is 2.71 bits per heavy atom. The van der Waals surface area contributed by atoms with Gasteiger partial charge in [-0.1, -0.05) is 0 Å². The topological polar surface area (TPSA) is 72.4 Å². The van der Waals surface area contributed by atoms with Crippen molar-refractivity contribution in [2.45, 2.75) is 13.8 Å². The Hall–Kier alpha value is -1.78. The molecule has 0 saturated carbocycles. The van der Waals surface area contributed by atoms with Crippen LogP contribution in [-0.2, 0) is 7.05 Å². The van der Waals surface area contributed by atoms with Crippen molar-refractivity contribution < 1.29 is 4.79 Å². The molecule has 1 rings (SSSR count). The number of amides is 2. The molecule has 0 aliphatic heterocycles. The molecule has 5 heteroatoms. The van der Waals surface area contributed by atoms with Gasteiger partial charge in [0.1, 0.15) is 0 Å². The lowest BCUT2D eigenvalue weighted by Gasteiger charge is -1.98. The molecule has 5 nitrogen and oxygen atoms in total. The molecule has 0 spiro atoms. The Bertz CT molecular complexity index is 378. The number of rotatable bonds is 2. The molecule has 0 atom stereocenters. The summed E-state index contributed by atoms with van der Waals surface area (Å²) in [5.74, 6) is 0. The Morgan fingerprint density at radius 1 is 1.64 bits per heavy atom. The van der Waals surface area contributed by atoms with Gasteiger partial charge in [-0.2, -0.15) is 5.10 Å². The van der Waals surface area contributed by atoms with Crippen molar-refractivity contribution in [2.75, 3.05) is 0 Å². The zero-order valence-electron chi connectivity index (χ0n) is 8.53. The molecule has 0 aliphatic rings. The minimum Gasteiger partial charge on any atom is -0.352 e. The van der Waals surface area contributed by atoms with Gasteiger partial charge in [-0.3, -0.25) is 0 Å². The summed E-state index contributed by atoms with van der Waals surface area (Å²) < 4.78 is 2.05. The van der Waals surface area contributed by atoms with Crippen molar-refractivity contribution in [1.82, 2.24) is 9.99 Å². The van der Waals surface area contributed by atoms with E-state index in [1.807, 2.05) is 31.5 Å². The van der Waals surface area contributed by atoms with E-state index in [1.54, 1.807) is 6.21 Å². The number of hydrogen-bond acceptors (Lipinski definition) is 2. The number of carbonyl (C=O) groups excluding carboxylic acids is 1. The number of nitrogens with two attached hydrogens (primary N) is 1. The van der Waals surface area contributed by atoms with Crippen LogP contribution < -0.4 is 11.2 Å². The number of carbonyl (C=O) groups is 1. The monoisotopic (exact) mass is 194 g/mol. The lowest BCUT2D eigenvalue weighted by Crippen LogP contribution is -2.24. The van der Waals surface area contributed by atoms with Gasteiger partial charge in [0.2, 0.25) is 0 Å². The molecule has 1 heterocycles. The maximum absolute atomic E-state index is 10.3. The fourth-order valence-electron chi connectivity index (χ4n) is 1.18. The Balaban J connectivity index is 2.82. The van der Waals surface area contributed by atoms with Gasteiger partial charge in [0, 0.05) is 24.0 Å². The predicted molar refractivity (Wildman–Crippen MR) is 55.2 cm³/mol. The van der Waals surface area contributed by atoms with E-state index in [4.69, 9.17) is 5.73 Å². The van der Waals surface area contributed by atoms with Gasteiger partial charge in [-0.05, 0) is 19.9 Å². The van der Waals surface area contributed by atoms with E-state index in [-0.39, 0.29) is 0 Å². The molecule has 3 N–H and O–H groups in total. The van der Waals surface area contributed by atoms with Crippen molar-refractivity contribution in [3.8, 4) is 0 Å². The van der Waals surface area contributed by atoms with Gasteiger partial charge in [0.15, 0.2) is 0 Å². The van der Waals surface area contributed by atoms with Crippen LogP contribution >= 0.6 is 0 Å². The van der Waals surface area contributed by atoms with Crippen LogP contribution in [0.25, 0.3) is 0 Å². The largest absolute Gasteiger partial charge is 0.352 e. The van der Waals surface area contributed by atoms with Crippen LogP contribution in [0.3, 0.4) is 0 Å². The van der Waals surface area contributed by atoms with Crippen LogP contribution in [0, 0.1) is 13.8 Å². The Kier molecular flexibility index (Phi) is 2.91. The van der Waals surface area contributed by atoms with E-state index in [2.05, 4.69) is 10.5 Å². The third kappa shape index (κ3) is 2.12. The number of urea groups is 1. The van der Waals surface area contributed by atoms with Gasteiger partial charge in [-0.15, -0.1) is 0 Å². The van der Waals surface area contributed by atoms with E-state index >= 15 is 0 Å². The van der Waals surface area contributed by atoms with Crippen LogP contribution in [0.5, 0.6) is 0 Å². The maximum Gasteiger partial charge on any atom is 0.332 e. The summed E-state index contributed by atoms with van der Waals surface area (Å²) in [6, 6.07) is 1.33. The first-order valence-electron chi connectivity index (χ1n) is 4.24. The van der Waals surface area contributed by atoms with Gasteiger partial charge < -0.3 is 10.3 Å². The number of hydrogen-bond donors (Lipinski definition) is 2. The molecular formula is C9H14N4O. The lowest BCUT2D eigenvalue weighted by molar-refractivity contribution is 0.249. The minimum absolute atomic E-state index is 0.661. The molecule has 0 aromatic carbocycles. The third-order valence-corrected chi connectivity index (χ3v) is 2.19. The van der Waals surface area contributed by atoms with E-state index in [1.165, 1.54) is 0 Å². The van der Waals surface area contributed by atoms with Crippen LogP contribution in [0.15, 0.2) is 11.2 Å². The van der Waals surface area contributed by atoms with E-state index in [0.29, 0.717) is 0 Å². The van der Waals surface area contributed by atoms with Crippen molar-refractivity contribution in [2.24, 2.45) is 17.9 Å². The van der Waals surface area contributed by atoms with E-state index in [0.717, 1.165) is 17.0 Å². The second-order valence-corrected chi connectivity index (χ2v) is 3.12. The molecule has 0 saturated heterocycles. The zero-order valence-corrected chi connectivity index (χ0v) is 8.53. The highest BCUT2D eigenvalue weighted by molar-refractivity contribution is 5.83. The fourth-order valence-corrected chi connectivity index (χ4v) is 1.18. The van der Waals surface area contributed by atoms with Gasteiger partial charge in [-0.25, -0.2) is 10.2 Å². The van der Waals surface area contributed by atoms with Gasteiger partial charge in [0.25, 0.3) is 0 Å². The molecular weight excluding hydrogens is 180 g/mol. The maximum atomic E-state index is 10.3. The summed E-state index contributed by atoms with van der Waals surface area (Å²) in [6.07, 6.45) is 1.58. The lowest BCUT2D eigenvalue weighted by atomic mass is 10.3. The number of nitrogens with one attached hydrogen (secondary N) is 1. The van der Waals surface area contributed by atoms with Gasteiger partial charge >= 0.3 is 6.03 Å². The number of aromatic nitrogens is 1. The summed E-state index contributed by atoms with van der Waals surface area (Å²) >= 11 is 0. The molecule has 0 unspecified atom stereocenters. The standard InChI is InChI=1S/C9H14N4O/c1-6-4-8(7(2)13(6)3)5-11-12-9(10)14/h4-5H,1-3H3,(H3,10,12,14). The van der Waals surface area contributed by atoms with Crippen LogP contribution in [0.2, 0.25) is 0 Å². The van der Waals surface area contributed by atoms with Crippen molar-refractivity contribution in [3.05, 3.63) is 23.0 Å². The smallest absolute Gasteiger partial charge is 0.332 e. The first-order chi connectivity index (χ1) is 6.52. The highest BCUT2D eigenvalue weighted by Crippen LogP contribution is 2.10. The number of primary amides is 1. The van der Waals surface area contributed by atoms with Crippen molar-refractivity contribution in [1.29, 1.82) is 0 Å². The number of nitrogens with zero attached hydrogens (tertiary/aromatic N) is 2. The third-order valence-electron chi connectivity index (χ3n) is 2.19. The van der Waals surface area contributed by atoms with Crippen LogP contribution in [-0.4, -0.2) is 16.8 Å². The summed E-state index contributed by atoms with van der Waals surface area (Å²) in [7, 11) is 1.98. The second kappa shape index (κ2) is 3.95. The summed E-state index contributed by atoms with van der Waals surface area (Å²) in [5.41, 5.74) is 10.2. The summed E-state index contributed by atoms with van der Waals surface area (Å²) in [6.45, 7) is 3.99. The second-order valence-electron chi connectivity index (χ2n) is 3.12. The molecule has 14 heavy (non-hydrogen) atoms. The SMILES string of the molecule is Cc1cc(C=NNC(N)=O)c(C)n1C. The quantitative estimate of drug-likeness (QED) is 0.526. The molecule has 2 amide bonds. The fraction of sp³-hybridized carbons (Fsp3) is 0.333. The number of aryl methyl sites for hydroxylation is 1. The molecule has 76 valence electrons. The summed E-state index contributed by atoms with van der Waals surface area (Å²) in [4.78, 5) is 10.3. The average Bonchev–Trinajstić information content (AvgIpc) is 2.33. The molecule has 0 radical (unpaired) electrons. The normalized spacial score (nSPS) is 10.8. The highest BCUT2D eigenvalue weighted by Gasteiger charge is 2.02. The Labute approximate surface area is 82.6 Å². The first kappa shape index (κ1) is 10.3. The molecule has 0 bridgehead atoms. The Morgan fingerprint density at radius 2 is 2.29 bits per heavy atom. The van der Waals surface area contributed by atoms with Crippen LogP contribution in [0.1, 0.15) is 17.0 Å². The van der Waals surface area contributed by atoms with E-state index < -0.39 is 6.03 Å². The average molecular weight is 194 g/mol. The minimum atomic E-state index is -0.661. The highest BCUT2D eigenvalue weighted by atomic mass is 16.2. The molecule has 0 aliphatic carbocycles. The molecule has 1 aromatic rings. The predicted octanol–water partition coefficient (Wildman–Crippen LogP) is 0.644. The van der Waals surface area contributed by atoms with Crippen molar-refractivity contribution >= 4 is 12.2 Å².